The van der Waals surface area contributed by atoms with Crippen LogP contribution in [0.15, 0.2) is 0 Å². The van der Waals surface area contributed by atoms with E-state index in [0.717, 1.165) is 0 Å². The van der Waals surface area contributed by atoms with Gasteiger partial charge in [0.2, 0.25) is 0 Å². The highest BCUT2D eigenvalue weighted by molar-refractivity contribution is 5.64. The zero-order chi connectivity index (χ0) is 9.78. The lowest BCUT2D eigenvalue weighted by atomic mass is 9.85. The number of nitrogens with two attached hydrogens (primary N) is 1. The van der Waals surface area contributed by atoms with Crippen molar-refractivity contribution in [1.82, 2.24) is 5.32 Å². The molecular formula is C8H18N2O2. The van der Waals surface area contributed by atoms with Crippen LogP contribution in [0.4, 0.5) is 4.79 Å². The summed E-state index contributed by atoms with van der Waals surface area (Å²) in [6, 6.07) is 0.0318. The molecule has 0 aromatic rings. The summed E-state index contributed by atoms with van der Waals surface area (Å²) in [5, 5.41) is 10.6. The van der Waals surface area contributed by atoms with Crippen LogP contribution in [0.5, 0.6) is 0 Å². The molecule has 1 amide bonds. The average Bonchev–Trinajstić information content (AvgIpc) is 1.84. The Hall–Kier alpha value is -0.770. The molecule has 0 aliphatic heterocycles. The van der Waals surface area contributed by atoms with Gasteiger partial charge in [-0.15, -0.1) is 0 Å². The Balaban J connectivity index is 3.58. The number of hydrogen-bond acceptors (Lipinski definition) is 2. The van der Waals surface area contributed by atoms with E-state index >= 15 is 0 Å². The summed E-state index contributed by atoms with van der Waals surface area (Å²) in [5.74, 6) is 0. The van der Waals surface area contributed by atoms with Gasteiger partial charge in [-0.25, -0.2) is 4.79 Å². The van der Waals surface area contributed by atoms with Crippen LogP contribution in [0.1, 0.15) is 27.2 Å². The smallest absolute Gasteiger partial charge is 0.404 e. The third kappa shape index (κ3) is 4.96. The summed E-state index contributed by atoms with van der Waals surface area (Å²) in [4.78, 5) is 10.1. The van der Waals surface area contributed by atoms with Gasteiger partial charge in [0, 0.05) is 12.6 Å². The Morgan fingerprint density at radius 2 is 2.08 bits per heavy atom. The number of carboxylic acid groups (broad SMARTS) is 1. The molecule has 4 nitrogen and oxygen atoms in total. The van der Waals surface area contributed by atoms with Gasteiger partial charge >= 0.3 is 6.09 Å². The maximum Gasteiger partial charge on any atom is 0.404 e. The zero-order valence-electron chi connectivity index (χ0n) is 7.92. The van der Waals surface area contributed by atoms with Gasteiger partial charge in [-0.1, -0.05) is 20.8 Å². The first-order valence-corrected chi connectivity index (χ1v) is 4.06. The number of amides is 1. The molecule has 4 N–H and O–H groups in total. The van der Waals surface area contributed by atoms with Crippen LogP contribution in [-0.2, 0) is 0 Å². The monoisotopic (exact) mass is 174 g/mol. The summed E-state index contributed by atoms with van der Waals surface area (Å²) in [7, 11) is 0. The van der Waals surface area contributed by atoms with Crippen molar-refractivity contribution in [2.24, 2.45) is 11.1 Å². The molecule has 0 spiro atoms. The van der Waals surface area contributed by atoms with E-state index in [2.05, 4.69) is 5.32 Å². The van der Waals surface area contributed by atoms with E-state index in [-0.39, 0.29) is 11.5 Å². The van der Waals surface area contributed by atoms with E-state index < -0.39 is 6.09 Å². The number of carbonyl (C=O) groups is 1. The minimum absolute atomic E-state index is 0.0318. The van der Waals surface area contributed by atoms with E-state index in [1.165, 1.54) is 0 Å². The lowest BCUT2D eigenvalue weighted by molar-refractivity contribution is 0.192. The topological polar surface area (TPSA) is 75.3 Å². The van der Waals surface area contributed by atoms with Gasteiger partial charge in [0.1, 0.15) is 0 Å². The Kier molecular flexibility index (Phi) is 4.03. The zero-order valence-corrected chi connectivity index (χ0v) is 7.92. The molecule has 0 aromatic heterocycles. The molecular weight excluding hydrogens is 156 g/mol. The first kappa shape index (κ1) is 11.2. The largest absolute Gasteiger partial charge is 0.465 e. The van der Waals surface area contributed by atoms with Crippen LogP contribution < -0.4 is 11.1 Å². The van der Waals surface area contributed by atoms with E-state index in [1.807, 2.05) is 20.8 Å². The molecule has 0 aliphatic carbocycles. The summed E-state index contributed by atoms with van der Waals surface area (Å²) < 4.78 is 0. The molecule has 0 saturated heterocycles. The van der Waals surface area contributed by atoms with Gasteiger partial charge in [-0.05, 0) is 11.8 Å². The minimum atomic E-state index is -0.990. The highest BCUT2D eigenvalue weighted by Crippen LogP contribution is 2.18. The van der Waals surface area contributed by atoms with E-state index in [0.29, 0.717) is 13.0 Å². The molecule has 72 valence electrons. The molecule has 12 heavy (non-hydrogen) atoms. The van der Waals surface area contributed by atoms with Crippen LogP contribution in [-0.4, -0.2) is 23.8 Å². The van der Waals surface area contributed by atoms with Crippen LogP contribution in [0.3, 0.4) is 0 Å². The third-order valence-electron chi connectivity index (χ3n) is 1.84. The molecule has 0 rings (SSSR count). The SMILES string of the molecule is CC(C)(C)C(N)CCNC(=O)O. The van der Waals surface area contributed by atoms with Crippen molar-refractivity contribution in [2.75, 3.05) is 6.54 Å². The first-order chi connectivity index (χ1) is 5.34. The van der Waals surface area contributed by atoms with Gasteiger partial charge in [0.05, 0.1) is 0 Å². The summed E-state index contributed by atoms with van der Waals surface area (Å²) in [5.41, 5.74) is 5.85. The Morgan fingerprint density at radius 3 is 2.42 bits per heavy atom. The number of rotatable bonds is 3. The van der Waals surface area contributed by atoms with E-state index in [4.69, 9.17) is 10.8 Å². The molecule has 1 unspecified atom stereocenters. The fourth-order valence-electron chi connectivity index (χ4n) is 0.768. The maximum atomic E-state index is 10.1. The predicted molar refractivity (Wildman–Crippen MR) is 48.1 cm³/mol. The van der Waals surface area contributed by atoms with Crippen LogP contribution in [0.25, 0.3) is 0 Å². The van der Waals surface area contributed by atoms with Crippen molar-refractivity contribution in [3.63, 3.8) is 0 Å². The molecule has 0 aromatic carbocycles. The molecule has 0 bridgehead atoms. The van der Waals surface area contributed by atoms with E-state index in [9.17, 15) is 4.79 Å². The first-order valence-electron chi connectivity index (χ1n) is 4.06. The van der Waals surface area contributed by atoms with Crippen LogP contribution >= 0.6 is 0 Å². The van der Waals surface area contributed by atoms with E-state index in [1.54, 1.807) is 0 Å². The second-order valence-corrected chi connectivity index (χ2v) is 3.99. The number of nitrogens with one attached hydrogen (secondary N) is 1. The Bertz CT molecular complexity index is 152. The predicted octanol–water partition coefficient (Wildman–Crippen LogP) is 1.02. The standard InChI is InChI=1S/C8H18N2O2/c1-8(2,3)6(9)4-5-10-7(11)12/h6,10H,4-5,9H2,1-3H3,(H,11,12). The molecule has 0 saturated carbocycles. The molecule has 0 fully saturated rings. The van der Waals surface area contributed by atoms with Gasteiger partial charge in [0.25, 0.3) is 0 Å². The Morgan fingerprint density at radius 1 is 1.58 bits per heavy atom. The van der Waals surface area contributed by atoms with Crippen molar-refractivity contribution in [1.29, 1.82) is 0 Å². The van der Waals surface area contributed by atoms with Crippen LogP contribution in [0, 0.1) is 5.41 Å². The van der Waals surface area contributed by atoms with Gasteiger partial charge in [-0.2, -0.15) is 0 Å². The van der Waals surface area contributed by atoms with Crippen molar-refractivity contribution in [3.05, 3.63) is 0 Å². The minimum Gasteiger partial charge on any atom is -0.465 e. The Labute approximate surface area is 73.1 Å². The van der Waals surface area contributed by atoms with Crippen molar-refractivity contribution >= 4 is 6.09 Å². The number of hydrogen-bond donors (Lipinski definition) is 3. The highest BCUT2D eigenvalue weighted by atomic mass is 16.4. The fourth-order valence-corrected chi connectivity index (χ4v) is 0.768. The molecule has 0 radical (unpaired) electrons. The van der Waals surface area contributed by atoms with Crippen molar-refractivity contribution in [3.8, 4) is 0 Å². The fraction of sp³-hybridized carbons (Fsp3) is 0.875. The average molecular weight is 174 g/mol. The van der Waals surface area contributed by atoms with Crippen LogP contribution in [0.2, 0.25) is 0 Å². The molecule has 0 heterocycles. The van der Waals surface area contributed by atoms with Gasteiger partial charge < -0.3 is 16.2 Å². The normalized spacial score (nSPS) is 14.0. The maximum absolute atomic E-state index is 10.1. The molecule has 4 heteroatoms. The summed E-state index contributed by atoms with van der Waals surface area (Å²) >= 11 is 0. The molecule has 1 atom stereocenters. The van der Waals surface area contributed by atoms with Crippen molar-refractivity contribution in [2.45, 2.75) is 33.2 Å². The summed E-state index contributed by atoms with van der Waals surface area (Å²) in [6.45, 7) is 6.54. The highest BCUT2D eigenvalue weighted by Gasteiger charge is 2.19. The quantitative estimate of drug-likeness (QED) is 0.598. The summed E-state index contributed by atoms with van der Waals surface area (Å²) in [6.07, 6.45) is -0.313. The molecule has 0 aliphatic rings. The van der Waals surface area contributed by atoms with Gasteiger partial charge in [0.15, 0.2) is 0 Å². The van der Waals surface area contributed by atoms with Crippen molar-refractivity contribution < 1.29 is 9.90 Å². The second kappa shape index (κ2) is 4.30. The van der Waals surface area contributed by atoms with Gasteiger partial charge in [-0.3, -0.25) is 0 Å². The second-order valence-electron chi connectivity index (χ2n) is 3.99. The lowest BCUT2D eigenvalue weighted by Gasteiger charge is -2.26. The third-order valence-corrected chi connectivity index (χ3v) is 1.84. The lowest BCUT2D eigenvalue weighted by Crippen LogP contribution is -2.38.